The van der Waals surface area contributed by atoms with Crippen LogP contribution in [0.4, 0.5) is 0 Å². The van der Waals surface area contributed by atoms with Crippen LogP contribution in [0.15, 0.2) is 48.5 Å². The molecule has 0 radical (unpaired) electrons. The fourth-order valence-corrected chi connectivity index (χ4v) is 1.82. The Balaban J connectivity index is 2.07. The standard InChI is InChI=1S/C16H19NO/c1-12-6-3-4-7-15(12)11-18-16-9-5-8-14(10-16)13(2)17/h3-10,13H,11,17H2,1-2H3/t13-/m0/s1. The average molecular weight is 241 g/mol. The fraction of sp³-hybridized carbons (Fsp3) is 0.250. The Morgan fingerprint density at radius 2 is 1.89 bits per heavy atom. The van der Waals surface area contributed by atoms with Gasteiger partial charge >= 0.3 is 0 Å². The lowest BCUT2D eigenvalue weighted by Gasteiger charge is -2.11. The highest BCUT2D eigenvalue weighted by molar-refractivity contribution is 5.31. The van der Waals surface area contributed by atoms with Crippen molar-refractivity contribution in [2.45, 2.75) is 26.5 Å². The first-order chi connectivity index (χ1) is 8.66. The third-order valence-electron chi connectivity index (χ3n) is 3.04. The quantitative estimate of drug-likeness (QED) is 0.887. The van der Waals surface area contributed by atoms with Gasteiger partial charge in [-0.2, -0.15) is 0 Å². The Morgan fingerprint density at radius 3 is 2.61 bits per heavy atom. The molecule has 2 aromatic rings. The molecule has 0 unspecified atom stereocenters. The van der Waals surface area contributed by atoms with Crippen LogP contribution in [0.2, 0.25) is 0 Å². The lowest BCUT2D eigenvalue weighted by Crippen LogP contribution is -2.05. The Hall–Kier alpha value is -1.80. The number of aryl methyl sites for hydroxylation is 1. The van der Waals surface area contributed by atoms with Gasteiger partial charge in [0, 0.05) is 6.04 Å². The summed E-state index contributed by atoms with van der Waals surface area (Å²) in [4.78, 5) is 0. The monoisotopic (exact) mass is 241 g/mol. The van der Waals surface area contributed by atoms with Crippen molar-refractivity contribution in [3.63, 3.8) is 0 Å². The van der Waals surface area contributed by atoms with Crippen LogP contribution in [0, 0.1) is 6.92 Å². The zero-order valence-electron chi connectivity index (χ0n) is 10.9. The molecule has 2 nitrogen and oxygen atoms in total. The van der Waals surface area contributed by atoms with E-state index in [0.717, 1.165) is 11.3 Å². The van der Waals surface area contributed by atoms with Crippen molar-refractivity contribution in [3.8, 4) is 5.75 Å². The molecule has 0 aliphatic carbocycles. The molecule has 0 spiro atoms. The van der Waals surface area contributed by atoms with Crippen molar-refractivity contribution in [1.29, 1.82) is 0 Å². The Bertz CT molecular complexity index is 520. The van der Waals surface area contributed by atoms with Crippen molar-refractivity contribution < 1.29 is 4.74 Å². The van der Waals surface area contributed by atoms with Crippen LogP contribution in [0.25, 0.3) is 0 Å². The molecule has 0 aromatic heterocycles. The highest BCUT2D eigenvalue weighted by atomic mass is 16.5. The minimum absolute atomic E-state index is 0.0343. The summed E-state index contributed by atoms with van der Waals surface area (Å²) in [7, 11) is 0. The zero-order valence-corrected chi connectivity index (χ0v) is 10.9. The van der Waals surface area contributed by atoms with Gasteiger partial charge in [0.25, 0.3) is 0 Å². The van der Waals surface area contributed by atoms with E-state index in [-0.39, 0.29) is 6.04 Å². The molecule has 18 heavy (non-hydrogen) atoms. The van der Waals surface area contributed by atoms with Gasteiger partial charge in [-0.1, -0.05) is 36.4 Å². The van der Waals surface area contributed by atoms with E-state index in [1.54, 1.807) is 0 Å². The van der Waals surface area contributed by atoms with Crippen molar-refractivity contribution in [2.75, 3.05) is 0 Å². The van der Waals surface area contributed by atoms with Crippen LogP contribution in [0.5, 0.6) is 5.75 Å². The fourth-order valence-electron chi connectivity index (χ4n) is 1.82. The minimum Gasteiger partial charge on any atom is -0.489 e. The Kier molecular flexibility index (Phi) is 4.00. The summed E-state index contributed by atoms with van der Waals surface area (Å²) in [6, 6.07) is 16.2. The molecular formula is C16H19NO. The van der Waals surface area contributed by atoms with E-state index in [1.807, 2.05) is 43.3 Å². The van der Waals surface area contributed by atoms with E-state index in [4.69, 9.17) is 10.5 Å². The van der Waals surface area contributed by atoms with Gasteiger partial charge in [0.1, 0.15) is 12.4 Å². The first-order valence-corrected chi connectivity index (χ1v) is 6.19. The van der Waals surface area contributed by atoms with Crippen molar-refractivity contribution >= 4 is 0 Å². The summed E-state index contributed by atoms with van der Waals surface area (Å²) in [5.41, 5.74) is 9.42. The molecule has 0 saturated heterocycles. The molecule has 0 heterocycles. The second-order valence-corrected chi connectivity index (χ2v) is 4.58. The lowest BCUT2D eigenvalue weighted by molar-refractivity contribution is 0.305. The third kappa shape index (κ3) is 3.11. The van der Waals surface area contributed by atoms with Gasteiger partial charge in [0.05, 0.1) is 0 Å². The second-order valence-electron chi connectivity index (χ2n) is 4.58. The molecule has 2 rings (SSSR count). The maximum absolute atomic E-state index is 5.86. The maximum Gasteiger partial charge on any atom is 0.120 e. The lowest BCUT2D eigenvalue weighted by atomic mass is 10.1. The third-order valence-corrected chi connectivity index (χ3v) is 3.04. The summed E-state index contributed by atoms with van der Waals surface area (Å²) in [5, 5.41) is 0. The van der Waals surface area contributed by atoms with Crippen LogP contribution < -0.4 is 10.5 Å². The predicted octanol–water partition coefficient (Wildman–Crippen LogP) is 3.59. The van der Waals surface area contributed by atoms with Crippen molar-refractivity contribution in [2.24, 2.45) is 5.73 Å². The zero-order chi connectivity index (χ0) is 13.0. The molecule has 0 saturated carbocycles. The molecule has 0 bridgehead atoms. The molecule has 94 valence electrons. The molecule has 0 aliphatic rings. The highest BCUT2D eigenvalue weighted by Crippen LogP contribution is 2.19. The summed E-state index contributed by atoms with van der Waals surface area (Å²) < 4.78 is 5.81. The van der Waals surface area contributed by atoms with Crippen LogP contribution in [-0.2, 0) is 6.61 Å². The minimum atomic E-state index is 0.0343. The van der Waals surface area contributed by atoms with E-state index >= 15 is 0 Å². The predicted molar refractivity (Wildman–Crippen MR) is 74.6 cm³/mol. The number of nitrogens with two attached hydrogens (primary N) is 1. The molecule has 1 atom stereocenters. The SMILES string of the molecule is Cc1ccccc1COc1cccc([C@H](C)N)c1. The molecular weight excluding hydrogens is 222 g/mol. The average Bonchev–Trinajstić information content (AvgIpc) is 2.38. The molecule has 2 heteroatoms. The molecule has 2 aromatic carbocycles. The van der Waals surface area contributed by atoms with E-state index in [0.29, 0.717) is 6.61 Å². The molecule has 2 N–H and O–H groups in total. The summed E-state index contributed by atoms with van der Waals surface area (Å²) in [6.45, 7) is 4.66. The van der Waals surface area contributed by atoms with E-state index < -0.39 is 0 Å². The Morgan fingerprint density at radius 1 is 1.11 bits per heavy atom. The number of hydrogen-bond donors (Lipinski definition) is 1. The van der Waals surface area contributed by atoms with Crippen molar-refractivity contribution in [1.82, 2.24) is 0 Å². The maximum atomic E-state index is 5.86. The van der Waals surface area contributed by atoms with Crippen LogP contribution in [0.3, 0.4) is 0 Å². The largest absolute Gasteiger partial charge is 0.489 e. The first kappa shape index (κ1) is 12.7. The van der Waals surface area contributed by atoms with Gasteiger partial charge < -0.3 is 10.5 Å². The first-order valence-electron chi connectivity index (χ1n) is 6.19. The van der Waals surface area contributed by atoms with Gasteiger partial charge in [0.2, 0.25) is 0 Å². The summed E-state index contributed by atoms with van der Waals surface area (Å²) in [6.07, 6.45) is 0. The van der Waals surface area contributed by atoms with E-state index in [1.165, 1.54) is 11.1 Å². The summed E-state index contributed by atoms with van der Waals surface area (Å²) in [5.74, 6) is 0.869. The topological polar surface area (TPSA) is 35.2 Å². The molecule has 0 aliphatic heterocycles. The Labute approximate surface area is 108 Å². The normalized spacial score (nSPS) is 12.2. The smallest absolute Gasteiger partial charge is 0.120 e. The number of hydrogen-bond acceptors (Lipinski definition) is 2. The van der Waals surface area contributed by atoms with Gasteiger partial charge in [-0.05, 0) is 42.7 Å². The van der Waals surface area contributed by atoms with Gasteiger partial charge in [0.15, 0.2) is 0 Å². The molecule has 0 amide bonds. The highest BCUT2D eigenvalue weighted by Gasteiger charge is 2.02. The number of ether oxygens (including phenoxy) is 1. The van der Waals surface area contributed by atoms with E-state index in [2.05, 4.69) is 19.1 Å². The molecule has 0 fully saturated rings. The van der Waals surface area contributed by atoms with Crippen LogP contribution in [0.1, 0.15) is 29.7 Å². The summed E-state index contributed by atoms with van der Waals surface area (Å²) >= 11 is 0. The van der Waals surface area contributed by atoms with Crippen LogP contribution >= 0.6 is 0 Å². The second kappa shape index (κ2) is 5.69. The number of rotatable bonds is 4. The van der Waals surface area contributed by atoms with Gasteiger partial charge in [-0.25, -0.2) is 0 Å². The van der Waals surface area contributed by atoms with Crippen LogP contribution in [-0.4, -0.2) is 0 Å². The van der Waals surface area contributed by atoms with Gasteiger partial charge in [-0.15, -0.1) is 0 Å². The van der Waals surface area contributed by atoms with Crippen molar-refractivity contribution in [3.05, 3.63) is 65.2 Å². The van der Waals surface area contributed by atoms with E-state index in [9.17, 15) is 0 Å². The van der Waals surface area contributed by atoms with Gasteiger partial charge in [-0.3, -0.25) is 0 Å². The number of benzene rings is 2.